The summed E-state index contributed by atoms with van der Waals surface area (Å²) in [5, 5.41) is 0. The van der Waals surface area contributed by atoms with Gasteiger partial charge in [0.05, 0.1) is 6.54 Å². The van der Waals surface area contributed by atoms with Gasteiger partial charge in [-0.25, -0.2) is 0 Å². The minimum Gasteiger partial charge on any atom is -0.285 e. The molecule has 0 radical (unpaired) electrons. The lowest BCUT2D eigenvalue weighted by Crippen LogP contribution is -2.09. The molecule has 0 aromatic rings. The Bertz CT molecular complexity index is 305. The molecular formula is C11H15N. The summed E-state index contributed by atoms with van der Waals surface area (Å²) in [6.45, 7) is 7.57. The van der Waals surface area contributed by atoms with Crippen LogP contribution in [-0.2, 0) is 0 Å². The molecule has 0 amide bonds. The highest BCUT2D eigenvalue weighted by molar-refractivity contribution is 6.04. The molecular weight excluding hydrogens is 146 g/mol. The summed E-state index contributed by atoms with van der Waals surface area (Å²) in [5.41, 5.74) is 5.69. The third kappa shape index (κ3) is 0.961. The molecule has 0 saturated heterocycles. The number of rotatable bonds is 0. The van der Waals surface area contributed by atoms with Crippen molar-refractivity contribution in [2.45, 2.75) is 27.2 Å². The molecule has 0 saturated carbocycles. The van der Waals surface area contributed by atoms with Crippen molar-refractivity contribution in [3.05, 3.63) is 22.8 Å². The molecule has 1 heteroatoms. The van der Waals surface area contributed by atoms with Crippen molar-refractivity contribution in [3.63, 3.8) is 0 Å². The van der Waals surface area contributed by atoms with Crippen LogP contribution in [0, 0.1) is 5.92 Å². The summed E-state index contributed by atoms with van der Waals surface area (Å²) in [5.74, 6) is 0.713. The van der Waals surface area contributed by atoms with Gasteiger partial charge in [0.15, 0.2) is 0 Å². The molecule has 0 spiro atoms. The van der Waals surface area contributed by atoms with Crippen molar-refractivity contribution in [3.8, 4) is 0 Å². The minimum absolute atomic E-state index is 0.713. The zero-order valence-electron chi connectivity index (χ0n) is 8.02. The van der Waals surface area contributed by atoms with Crippen LogP contribution < -0.4 is 0 Å². The number of aliphatic imine (C=N–C) groups is 1. The first kappa shape index (κ1) is 7.78. The van der Waals surface area contributed by atoms with Crippen LogP contribution in [0.25, 0.3) is 0 Å². The van der Waals surface area contributed by atoms with Gasteiger partial charge in [-0.2, -0.15) is 0 Å². The maximum atomic E-state index is 4.48. The van der Waals surface area contributed by atoms with E-state index in [1.54, 1.807) is 5.57 Å². The summed E-state index contributed by atoms with van der Waals surface area (Å²) >= 11 is 0. The first-order chi connectivity index (χ1) is 5.70. The monoisotopic (exact) mass is 161 g/mol. The van der Waals surface area contributed by atoms with Gasteiger partial charge >= 0.3 is 0 Å². The molecule has 2 rings (SSSR count). The van der Waals surface area contributed by atoms with Crippen LogP contribution in [-0.4, -0.2) is 12.3 Å². The van der Waals surface area contributed by atoms with Crippen LogP contribution in [0.3, 0.4) is 0 Å². The topological polar surface area (TPSA) is 12.4 Å². The quantitative estimate of drug-likeness (QED) is 0.518. The lowest BCUT2D eigenvalue weighted by atomic mass is 9.84. The Hall–Kier alpha value is -0.850. The van der Waals surface area contributed by atoms with Crippen LogP contribution >= 0.6 is 0 Å². The van der Waals surface area contributed by atoms with Crippen molar-refractivity contribution in [1.29, 1.82) is 0 Å². The number of hydrogen-bond acceptors (Lipinski definition) is 1. The fourth-order valence-corrected chi connectivity index (χ4v) is 2.13. The second kappa shape index (κ2) is 2.58. The lowest BCUT2D eigenvalue weighted by Gasteiger charge is -2.19. The van der Waals surface area contributed by atoms with Crippen molar-refractivity contribution < 1.29 is 0 Å². The van der Waals surface area contributed by atoms with E-state index in [2.05, 4.69) is 31.8 Å². The van der Waals surface area contributed by atoms with Crippen LogP contribution in [0.2, 0.25) is 0 Å². The van der Waals surface area contributed by atoms with Crippen LogP contribution in [0.15, 0.2) is 27.8 Å². The summed E-state index contributed by atoms with van der Waals surface area (Å²) in [4.78, 5) is 4.48. The SMILES string of the molecule is CC1=CCC(C)C2=C1C(C)=NC2. The Morgan fingerprint density at radius 3 is 2.83 bits per heavy atom. The Kier molecular flexibility index (Phi) is 1.67. The summed E-state index contributed by atoms with van der Waals surface area (Å²) in [7, 11) is 0. The molecule has 12 heavy (non-hydrogen) atoms. The van der Waals surface area contributed by atoms with E-state index >= 15 is 0 Å². The van der Waals surface area contributed by atoms with Crippen LogP contribution in [0.1, 0.15) is 27.2 Å². The summed E-state index contributed by atoms with van der Waals surface area (Å²) < 4.78 is 0. The van der Waals surface area contributed by atoms with Gasteiger partial charge in [0.2, 0.25) is 0 Å². The summed E-state index contributed by atoms with van der Waals surface area (Å²) in [6, 6.07) is 0. The first-order valence-electron chi connectivity index (χ1n) is 4.61. The normalized spacial score (nSPS) is 28.4. The van der Waals surface area contributed by atoms with E-state index in [0.29, 0.717) is 5.92 Å². The predicted octanol–water partition coefficient (Wildman–Crippen LogP) is 2.74. The Morgan fingerprint density at radius 2 is 2.17 bits per heavy atom. The van der Waals surface area contributed by atoms with Gasteiger partial charge < -0.3 is 0 Å². The molecule has 0 aromatic heterocycles. The highest BCUT2D eigenvalue weighted by Gasteiger charge is 2.24. The lowest BCUT2D eigenvalue weighted by molar-refractivity contribution is 0.668. The van der Waals surface area contributed by atoms with Gasteiger partial charge in [-0.1, -0.05) is 13.0 Å². The van der Waals surface area contributed by atoms with E-state index in [1.807, 2.05) is 0 Å². The molecule has 0 bridgehead atoms. The van der Waals surface area contributed by atoms with E-state index in [-0.39, 0.29) is 0 Å². The Balaban J connectivity index is 2.46. The second-order valence-electron chi connectivity index (χ2n) is 3.83. The van der Waals surface area contributed by atoms with Gasteiger partial charge in [-0.3, -0.25) is 4.99 Å². The Morgan fingerprint density at radius 1 is 1.42 bits per heavy atom. The van der Waals surface area contributed by atoms with E-state index in [9.17, 15) is 0 Å². The van der Waals surface area contributed by atoms with E-state index in [4.69, 9.17) is 0 Å². The zero-order valence-corrected chi connectivity index (χ0v) is 8.02. The first-order valence-corrected chi connectivity index (χ1v) is 4.61. The highest BCUT2D eigenvalue weighted by atomic mass is 14.8. The zero-order chi connectivity index (χ0) is 8.72. The molecule has 0 N–H and O–H groups in total. The number of hydrogen-bond donors (Lipinski definition) is 0. The fraction of sp³-hybridized carbons (Fsp3) is 0.545. The fourth-order valence-electron chi connectivity index (χ4n) is 2.13. The summed E-state index contributed by atoms with van der Waals surface area (Å²) in [6.07, 6.45) is 3.54. The van der Waals surface area contributed by atoms with E-state index in [0.717, 1.165) is 6.54 Å². The molecule has 1 nitrogen and oxygen atoms in total. The van der Waals surface area contributed by atoms with Gasteiger partial charge in [-0.05, 0) is 42.9 Å². The third-order valence-corrected chi connectivity index (χ3v) is 2.94. The molecule has 0 aromatic carbocycles. The highest BCUT2D eigenvalue weighted by Crippen LogP contribution is 2.33. The largest absolute Gasteiger partial charge is 0.285 e. The molecule has 0 fully saturated rings. The average Bonchev–Trinajstić information content (AvgIpc) is 2.42. The molecule has 2 aliphatic rings. The molecule has 64 valence electrons. The van der Waals surface area contributed by atoms with Gasteiger partial charge in [0, 0.05) is 5.71 Å². The average molecular weight is 161 g/mol. The second-order valence-corrected chi connectivity index (χ2v) is 3.83. The van der Waals surface area contributed by atoms with Gasteiger partial charge in [-0.15, -0.1) is 0 Å². The van der Waals surface area contributed by atoms with Gasteiger partial charge in [0.25, 0.3) is 0 Å². The van der Waals surface area contributed by atoms with Gasteiger partial charge in [0.1, 0.15) is 0 Å². The number of allylic oxidation sites excluding steroid dienone is 3. The van der Waals surface area contributed by atoms with Crippen LogP contribution in [0.4, 0.5) is 0 Å². The standard InChI is InChI=1S/C11H15N/c1-7-4-5-8(2)11-9(3)12-6-10(7)11/h5,7H,4,6H2,1-3H3. The molecule has 1 atom stereocenters. The van der Waals surface area contributed by atoms with Crippen molar-refractivity contribution >= 4 is 5.71 Å². The van der Waals surface area contributed by atoms with E-state index < -0.39 is 0 Å². The third-order valence-electron chi connectivity index (χ3n) is 2.94. The van der Waals surface area contributed by atoms with Crippen molar-refractivity contribution in [2.24, 2.45) is 10.9 Å². The van der Waals surface area contributed by atoms with Crippen molar-refractivity contribution in [2.75, 3.05) is 6.54 Å². The maximum absolute atomic E-state index is 4.48. The molecule has 1 aliphatic heterocycles. The maximum Gasteiger partial charge on any atom is 0.0615 e. The van der Waals surface area contributed by atoms with Crippen LogP contribution in [0.5, 0.6) is 0 Å². The molecule has 1 aliphatic carbocycles. The molecule has 1 unspecified atom stereocenters. The smallest absolute Gasteiger partial charge is 0.0615 e. The van der Waals surface area contributed by atoms with E-state index in [1.165, 1.54) is 23.3 Å². The van der Waals surface area contributed by atoms with Crippen molar-refractivity contribution in [1.82, 2.24) is 0 Å². The molecule has 1 heterocycles. The Labute approximate surface area is 73.9 Å². The predicted molar refractivity (Wildman–Crippen MR) is 52.5 cm³/mol. The number of nitrogens with zero attached hydrogens (tertiary/aromatic N) is 1. The minimum atomic E-state index is 0.713.